The first-order valence-electron chi connectivity index (χ1n) is 17.3. The molecule has 0 atom stereocenters. The van der Waals surface area contributed by atoms with Gasteiger partial charge in [-0.25, -0.2) is 0 Å². The summed E-state index contributed by atoms with van der Waals surface area (Å²) < 4.78 is 0. The predicted octanol–water partition coefficient (Wildman–Crippen LogP) is 11.6. The van der Waals surface area contributed by atoms with Gasteiger partial charge in [-0.1, -0.05) is 84.9 Å². The molecule has 0 spiro atoms. The average molecular weight is 597 g/mol. The minimum Gasteiger partial charge on any atom is -0.372 e. The summed E-state index contributed by atoms with van der Waals surface area (Å²) in [5.41, 5.74) is 7.99. The molecule has 0 N–H and O–H groups in total. The topological polar surface area (TPSA) is 6.48 Å². The van der Waals surface area contributed by atoms with Crippen LogP contribution in [-0.4, -0.2) is 26.2 Å². The lowest BCUT2D eigenvalue weighted by Crippen LogP contribution is -2.29. The van der Waals surface area contributed by atoms with Gasteiger partial charge in [-0.3, -0.25) is 0 Å². The van der Waals surface area contributed by atoms with Crippen molar-refractivity contribution >= 4 is 54.5 Å². The molecule has 0 aromatic heterocycles. The summed E-state index contributed by atoms with van der Waals surface area (Å²) in [7, 11) is 0. The molecule has 46 heavy (non-hydrogen) atoms. The summed E-state index contributed by atoms with van der Waals surface area (Å²) in [5.74, 6) is 0. The summed E-state index contributed by atoms with van der Waals surface area (Å²) in [5, 5.41) is 10.5. The van der Waals surface area contributed by atoms with Gasteiger partial charge in [-0.05, 0) is 140 Å². The number of hydrogen-bond acceptors (Lipinski definition) is 2. The number of rotatable bonds is 4. The minimum absolute atomic E-state index is 1.14. The smallest absolute Gasteiger partial charge is 0.0372 e. The molecule has 9 rings (SSSR count). The van der Waals surface area contributed by atoms with Crippen molar-refractivity contribution in [3.8, 4) is 22.3 Å². The van der Waals surface area contributed by atoms with Gasteiger partial charge in [0.1, 0.15) is 0 Å². The number of anilines is 2. The largest absolute Gasteiger partial charge is 0.372 e. The Kier molecular flexibility index (Phi) is 6.88. The van der Waals surface area contributed by atoms with Gasteiger partial charge in [-0.2, -0.15) is 0 Å². The predicted molar refractivity (Wildman–Crippen MR) is 199 cm³/mol. The second kappa shape index (κ2) is 11.5. The van der Waals surface area contributed by atoms with E-state index in [1.165, 1.54) is 115 Å². The Bertz CT molecular complexity index is 2070. The number of benzene rings is 7. The Hall–Kier alpha value is -4.82. The molecule has 2 aliphatic rings. The average Bonchev–Trinajstić information content (AvgIpc) is 3.13. The van der Waals surface area contributed by atoms with Crippen molar-refractivity contribution in [3.63, 3.8) is 0 Å². The van der Waals surface area contributed by atoms with E-state index in [0.29, 0.717) is 0 Å². The number of fused-ring (bicyclic) bond motifs is 4. The second-order valence-electron chi connectivity index (χ2n) is 13.4. The number of piperidine rings is 2. The molecule has 2 fully saturated rings. The molecule has 2 saturated heterocycles. The molecule has 0 bridgehead atoms. The molecule has 2 heterocycles. The van der Waals surface area contributed by atoms with Crippen LogP contribution in [-0.2, 0) is 0 Å². The van der Waals surface area contributed by atoms with E-state index >= 15 is 0 Å². The fourth-order valence-corrected chi connectivity index (χ4v) is 8.21. The van der Waals surface area contributed by atoms with Gasteiger partial charge in [0.25, 0.3) is 0 Å². The highest BCUT2D eigenvalue weighted by Gasteiger charge is 2.21. The third-order valence-corrected chi connectivity index (χ3v) is 10.6. The first-order chi connectivity index (χ1) is 22.8. The van der Waals surface area contributed by atoms with Crippen LogP contribution in [0.3, 0.4) is 0 Å². The third kappa shape index (κ3) is 4.79. The van der Waals surface area contributed by atoms with Crippen LogP contribution >= 0.6 is 0 Å². The third-order valence-electron chi connectivity index (χ3n) is 10.6. The van der Waals surface area contributed by atoms with Gasteiger partial charge < -0.3 is 9.80 Å². The van der Waals surface area contributed by atoms with Gasteiger partial charge in [0.05, 0.1) is 0 Å². The van der Waals surface area contributed by atoms with Crippen molar-refractivity contribution in [1.29, 1.82) is 0 Å². The van der Waals surface area contributed by atoms with Crippen LogP contribution in [0.15, 0.2) is 121 Å². The Morgan fingerprint density at radius 2 is 0.739 bits per heavy atom. The Labute approximate surface area is 271 Å². The van der Waals surface area contributed by atoms with E-state index in [-0.39, 0.29) is 0 Å². The molecule has 2 heteroatoms. The van der Waals surface area contributed by atoms with Crippen molar-refractivity contribution in [2.45, 2.75) is 38.5 Å². The molecule has 7 aromatic carbocycles. The standard InChI is InChI=1S/C44H40N2/c1-7-23-45(24-8-1)37-19-21-39-41(29-37)43(35-17-15-31-11-3-5-13-33(31)27-35)40-22-20-38(46-25-9-2-10-26-46)30-42(40)44(39)36-18-16-32-12-4-6-14-34(32)28-36/h3-6,11-22,27-30H,1-2,7-10,23-26H2. The maximum absolute atomic E-state index is 2.60. The van der Waals surface area contributed by atoms with Gasteiger partial charge >= 0.3 is 0 Å². The highest BCUT2D eigenvalue weighted by atomic mass is 15.1. The normalized spacial score (nSPS) is 15.7. The van der Waals surface area contributed by atoms with Gasteiger partial charge in [0.15, 0.2) is 0 Å². The molecule has 7 aromatic rings. The quantitative estimate of drug-likeness (QED) is 0.187. The molecule has 0 aliphatic carbocycles. The van der Waals surface area contributed by atoms with E-state index in [4.69, 9.17) is 0 Å². The highest BCUT2D eigenvalue weighted by molar-refractivity contribution is 6.23. The van der Waals surface area contributed by atoms with Crippen molar-refractivity contribution in [1.82, 2.24) is 0 Å². The maximum Gasteiger partial charge on any atom is 0.0372 e. The van der Waals surface area contributed by atoms with E-state index in [1.54, 1.807) is 0 Å². The summed E-state index contributed by atoms with van der Waals surface area (Å²) in [6.45, 7) is 4.56. The van der Waals surface area contributed by atoms with E-state index in [1.807, 2.05) is 0 Å². The molecular weight excluding hydrogens is 556 g/mol. The Morgan fingerprint density at radius 1 is 0.326 bits per heavy atom. The fraction of sp³-hybridized carbons (Fsp3) is 0.227. The van der Waals surface area contributed by atoms with Crippen molar-refractivity contribution in [2.75, 3.05) is 36.0 Å². The lowest BCUT2D eigenvalue weighted by Gasteiger charge is -2.30. The van der Waals surface area contributed by atoms with E-state index in [9.17, 15) is 0 Å². The van der Waals surface area contributed by atoms with Gasteiger partial charge in [-0.15, -0.1) is 0 Å². The SMILES string of the molecule is c1ccc2cc(-c3c4ccc(N5CCCCC5)cc4c(-c4ccc5ccccc5c4)c4ccc(N5CCCCC5)cc34)ccc2c1. The zero-order chi connectivity index (χ0) is 30.5. The molecular formula is C44H40N2. The number of nitrogens with zero attached hydrogens (tertiary/aromatic N) is 2. The summed E-state index contributed by atoms with van der Waals surface area (Å²) in [6.07, 6.45) is 7.76. The highest BCUT2D eigenvalue weighted by Crippen LogP contribution is 2.47. The molecule has 0 saturated carbocycles. The molecule has 226 valence electrons. The molecule has 0 amide bonds. The van der Waals surface area contributed by atoms with Crippen LogP contribution in [0.5, 0.6) is 0 Å². The van der Waals surface area contributed by atoms with Crippen molar-refractivity contribution < 1.29 is 0 Å². The van der Waals surface area contributed by atoms with Crippen LogP contribution in [0.1, 0.15) is 38.5 Å². The van der Waals surface area contributed by atoms with Crippen LogP contribution in [0.2, 0.25) is 0 Å². The van der Waals surface area contributed by atoms with Crippen LogP contribution < -0.4 is 9.80 Å². The van der Waals surface area contributed by atoms with Gasteiger partial charge in [0, 0.05) is 37.6 Å². The molecule has 0 radical (unpaired) electrons. The Balaban J connectivity index is 1.38. The minimum atomic E-state index is 1.14. The monoisotopic (exact) mass is 596 g/mol. The van der Waals surface area contributed by atoms with E-state index in [0.717, 1.165) is 26.2 Å². The first kappa shape index (κ1) is 27.5. The summed E-state index contributed by atoms with van der Waals surface area (Å²) >= 11 is 0. The van der Waals surface area contributed by atoms with Gasteiger partial charge in [0.2, 0.25) is 0 Å². The van der Waals surface area contributed by atoms with Crippen LogP contribution in [0, 0.1) is 0 Å². The zero-order valence-corrected chi connectivity index (χ0v) is 26.5. The Morgan fingerprint density at radius 3 is 1.17 bits per heavy atom. The van der Waals surface area contributed by atoms with Crippen LogP contribution in [0.4, 0.5) is 11.4 Å². The fourth-order valence-electron chi connectivity index (χ4n) is 8.21. The van der Waals surface area contributed by atoms with Crippen molar-refractivity contribution in [3.05, 3.63) is 121 Å². The van der Waals surface area contributed by atoms with Crippen molar-refractivity contribution in [2.24, 2.45) is 0 Å². The second-order valence-corrected chi connectivity index (χ2v) is 13.4. The number of hydrogen-bond donors (Lipinski definition) is 0. The lowest BCUT2D eigenvalue weighted by molar-refractivity contribution is 0.578. The van der Waals surface area contributed by atoms with E-state index in [2.05, 4.69) is 131 Å². The summed E-state index contributed by atoms with van der Waals surface area (Å²) in [6, 6.07) is 46.3. The zero-order valence-electron chi connectivity index (χ0n) is 26.5. The molecule has 2 aliphatic heterocycles. The summed E-state index contributed by atoms with van der Waals surface area (Å²) in [4.78, 5) is 5.21. The van der Waals surface area contributed by atoms with E-state index < -0.39 is 0 Å². The molecule has 2 nitrogen and oxygen atoms in total. The lowest BCUT2D eigenvalue weighted by atomic mass is 9.84. The first-order valence-corrected chi connectivity index (χ1v) is 17.3. The molecule has 0 unspecified atom stereocenters. The van der Waals surface area contributed by atoms with Crippen LogP contribution in [0.25, 0.3) is 65.3 Å². The maximum atomic E-state index is 2.60.